The molecule has 3 rings (SSSR count). The predicted octanol–water partition coefficient (Wildman–Crippen LogP) is 1.09. The summed E-state index contributed by atoms with van der Waals surface area (Å²) < 4.78 is 26.4. The highest BCUT2D eigenvalue weighted by Crippen LogP contribution is 2.27. The Bertz CT molecular complexity index is 954. The number of benzene rings is 2. The maximum Gasteiger partial charge on any atom is 0.344 e. The zero-order chi connectivity index (χ0) is 21.2. The van der Waals surface area contributed by atoms with Crippen LogP contribution >= 0.6 is 0 Å². The second-order valence-corrected chi connectivity index (χ2v) is 7.00. The van der Waals surface area contributed by atoms with Crippen molar-refractivity contribution in [2.24, 2.45) is 0 Å². The summed E-state index contributed by atoms with van der Waals surface area (Å²) in [5.74, 6) is -3.10. The van der Waals surface area contributed by atoms with E-state index in [4.69, 9.17) is 0 Å². The van der Waals surface area contributed by atoms with Crippen LogP contribution in [0.5, 0.6) is 0 Å². The van der Waals surface area contributed by atoms with E-state index in [1.165, 1.54) is 6.07 Å². The number of nitrogens with one attached hydrogen (secondary N) is 2. The Morgan fingerprint density at radius 1 is 1.17 bits per heavy atom. The number of carbonyl (C=O) groups excluding carboxylic acids is 3. The van der Waals surface area contributed by atoms with Crippen molar-refractivity contribution >= 4 is 17.8 Å². The number of carbonyl (C=O) groups is 3. The van der Waals surface area contributed by atoms with E-state index in [0.717, 1.165) is 12.1 Å². The van der Waals surface area contributed by atoms with Gasteiger partial charge in [-0.05, 0) is 37.6 Å². The van der Waals surface area contributed by atoms with Gasteiger partial charge in [-0.15, -0.1) is 0 Å². The van der Waals surface area contributed by atoms with Crippen LogP contribution in [0.25, 0.3) is 0 Å². The second kappa shape index (κ2) is 7.96. The van der Waals surface area contributed by atoms with Crippen LogP contribution in [0.1, 0.15) is 31.0 Å². The predicted molar refractivity (Wildman–Crippen MR) is 98.9 cm³/mol. The molecule has 1 saturated heterocycles. The van der Waals surface area contributed by atoms with Gasteiger partial charge in [-0.25, -0.2) is 13.6 Å². The van der Waals surface area contributed by atoms with Crippen LogP contribution in [0.4, 0.5) is 13.6 Å². The van der Waals surface area contributed by atoms with Crippen LogP contribution in [-0.4, -0.2) is 29.4 Å². The van der Waals surface area contributed by atoms with Crippen molar-refractivity contribution in [3.8, 4) is 0 Å². The Hall–Kier alpha value is -3.33. The third kappa shape index (κ3) is 4.09. The summed E-state index contributed by atoms with van der Waals surface area (Å²) >= 11 is 0. The van der Waals surface area contributed by atoms with Gasteiger partial charge >= 0.3 is 6.03 Å². The van der Waals surface area contributed by atoms with E-state index in [2.05, 4.69) is 10.7 Å². The van der Waals surface area contributed by atoms with Crippen molar-refractivity contribution < 1.29 is 28.5 Å². The Balaban J connectivity index is 1.61. The van der Waals surface area contributed by atoms with Crippen LogP contribution < -0.4 is 16.1 Å². The molecule has 0 radical (unpaired) electrons. The molecule has 2 atom stereocenters. The number of quaternary nitrogens is 1. The van der Waals surface area contributed by atoms with Crippen molar-refractivity contribution in [3.63, 3.8) is 0 Å². The van der Waals surface area contributed by atoms with Gasteiger partial charge < -0.3 is 10.6 Å². The number of halogens is 2. The van der Waals surface area contributed by atoms with Crippen LogP contribution in [0.15, 0.2) is 48.5 Å². The number of urea groups is 1. The third-order valence-corrected chi connectivity index (χ3v) is 4.90. The van der Waals surface area contributed by atoms with Crippen LogP contribution in [0.2, 0.25) is 0 Å². The summed E-state index contributed by atoms with van der Waals surface area (Å²) in [6.07, 6.45) is 0. The van der Waals surface area contributed by atoms with E-state index in [0.29, 0.717) is 16.1 Å². The third-order valence-electron chi connectivity index (χ3n) is 4.90. The van der Waals surface area contributed by atoms with Gasteiger partial charge in [-0.3, -0.25) is 15.0 Å². The zero-order valence-corrected chi connectivity index (χ0v) is 15.9. The topological polar surface area (TPSA) is 95.1 Å². The maximum atomic E-state index is 13.4. The molecule has 1 heterocycles. The molecule has 29 heavy (non-hydrogen) atoms. The molecule has 152 valence electrons. The lowest BCUT2D eigenvalue weighted by molar-refractivity contribution is -0.682. The molecule has 0 saturated carbocycles. The monoisotopic (exact) mass is 403 g/mol. The molecular weight excluding hydrogens is 382 g/mol. The molecule has 0 spiro atoms. The van der Waals surface area contributed by atoms with Gasteiger partial charge in [0.25, 0.3) is 11.8 Å². The summed E-state index contributed by atoms with van der Waals surface area (Å²) in [7, 11) is 0. The normalized spacial score (nSPS) is 19.8. The number of hydrogen-bond donors (Lipinski definition) is 3. The number of nitrogens with zero attached hydrogens (tertiary/aromatic N) is 1. The van der Waals surface area contributed by atoms with E-state index in [1.54, 1.807) is 49.5 Å². The molecule has 4 N–H and O–H groups in total. The lowest BCUT2D eigenvalue weighted by Gasteiger charge is -2.22. The van der Waals surface area contributed by atoms with Gasteiger partial charge in [0.2, 0.25) is 0 Å². The fourth-order valence-electron chi connectivity index (χ4n) is 3.09. The highest BCUT2D eigenvalue weighted by Gasteiger charge is 2.50. The van der Waals surface area contributed by atoms with E-state index in [9.17, 15) is 23.2 Å². The molecule has 0 bridgehead atoms. The van der Waals surface area contributed by atoms with Crippen molar-refractivity contribution in [3.05, 3.63) is 71.3 Å². The lowest BCUT2D eigenvalue weighted by Crippen LogP contribution is -2.87. The molecule has 0 aromatic heterocycles. The number of rotatable bonds is 6. The molecule has 1 aliphatic rings. The molecule has 9 heteroatoms. The van der Waals surface area contributed by atoms with E-state index < -0.39 is 35.0 Å². The number of nitrogens with two attached hydrogens (primary N) is 1. The largest absolute Gasteiger partial charge is 0.344 e. The highest BCUT2D eigenvalue weighted by molar-refractivity contribution is 6.08. The Morgan fingerprint density at radius 2 is 1.86 bits per heavy atom. The molecule has 1 aliphatic heterocycles. The minimum Gasteiger partial charge on any atom is -0.332 e. The van der Waals surface area contributed by atoms with Gasteiger partial charge in [0.1, 0.15) is 11.6 Å². The van der Waals surface area contributed by atoms with Crippen LogP contribution in [-0.2, 0) is 15.1 Å². The molecule has 1 fully saturated rings. The number of imide groups is 1. The molecule has 2 aromatic carbocycles. The molecule has 4 amide bonds. The van der Waals surface area contributed by atoms with Gasteiger partial charge in [0.05, 0.1) is 0 Å². The van der Waals surface area contributed by atoms with Crippen LogP contribution in [0.3, 0.4) is 0 Å². The van der Waals surface area contributed by atoms with Gasteiger partial charge in [-0.1, -0.05) is 30.3 Å². The SMILES string of the molecule is C[C@H]([NH2+]CC(=O)NN1C(=O)N[C@@](C)(c2ccccc2)C1=O)c1ccc(F)c(F)c1. The van der Waals surface area contributed by atoms with Gasteiger partial charge in [0, 0.05) is 5.56 Å². The first-order valence-corrected chi connectivity index (χ1v) is 9.02. The van der Waals surface area contributed by atoms with Gasteiger partial charge in [0.15, 0.2) is 18.2 Å². The Kier molecular flexibility index (Phi) is 5.60. The second-order valence-electron chi connectivity index (χ2n) is 7.00. The van der Waals surface area contributed by atoms with E-state index in [1.807, 2.05) is 0 Å². The summed E-state index contributed by atoms with van der Waals surface area (Å²) in [5, 5.41) is 4.83. The average Bonchev–Trinajstić information content (AvgIpc) is 2.93. The smallest absolute Gasteiger partial charge is 0.332 e. The first kappa shape index (κ1) is 20.4. The minimum absolute atomic E-state index is 0.126. The van der Waals surface area contributed by atoms with Crippen LogP contribution in [0, 0.1) is 11.6 Å². The number of hydrogen-bond acceptors (Lipinski definition) is 3. The molecule has 2 aromatic rings. The minimum atomic E-state index is -1.28. The van der Waals surface area contributed by atoms with Gasteiger partial charge in [-0.2, -0.15) is 5.01 Å². The first-order valence-electron chi connectivity index (χ1n) is 9.02. The molecular formula is C20H21F2N4O3+. The lowest BCUT2D eigenvalue weighted by atomic mass is 9.92. The van der Waals surface area contributed by atoms with E-state index in [-0.39, 0.29) is 12.6 Å². The number of hydrazine groups is 1. The Morgan fingerprint density at radius 3 is 2.52 bits per heavy atom. The van der Waals surface area contributed by atoms with Crippen molar-refractivity contribution in [2.45, 2.75) is 25.4 Å². The quantitative estimate of drug-likeness (QED) is 0.630. The highest BCUT2D eigenvalue weighted by atomic mass is 19.2. The summed E-state index contributed by atoms with van der Waals surface area (Å²) in [6.45, 7) is 3.16. The number of amides is 4. The summed E-state index contributed by atoms with van der Waals surface area (Å²) in [4.78, 5) is 37.2. The molecule has 7 nitrogen and oxygen atoms in total. The average molecular weight is 403 g/mol. The fourth-order valence-corrected chi connectivity index (χ4v) is 3.09. The molecule has 0 aliphatic carbocycles. The molecule has 0 unspecified atom stereocenters. The zero-order valence-electron chi connectivity index (χ0n) is 15.9. The Labute approximate surface area is 166 Å². The summed E-state index contributed by atoms with van der Waals surface area (Å²) in [5.41, 5.74) is 2.11. The maximum absolute atomic E-state index is 13.4. The first-order chi connectivity index (χ1) is 13.7. The van der Waals surface area contributed by atoms with Crippen molar-refractivity contribution in [2.75, 3.05) is 6.54 Å². The van der Waals surface area contributed by atoms with Crippen molar-refractivity contribution in [1.82, 2.24) is 15.8 Å². The van der Waals surface area contributed by atoms with E-state index >= 15 is 0 Å². The fraction of sp³-hybridized carbons (Fsp3) is 0.250. The summed E-state index contributed by atoms with van der Waals surface area (Å²) in [6, 6.07) is 11.1. The van der Waals surface area contributed by atoms with Crippen molar-refractivity contribution in [1.29, 1.82) is 0 Å². The standard InChI is InChI=1S/C20H20F2N4O3/c1-12(13-8-9-15(21)16(22)10-13)23-11-17(27)25-26-18(28)20(2,24-19(26)29)14-6-4-3-5-7-14/h3-10,12,23H,11H2,1-2H3,(H,24,29)(H,25,27)/p+1/t12-,20-/m0/s1.